The van der Waals surface area contributed by atoms with E-state index in [0.717, 1.165) is 48.4 Å². The highest BCUT2D eigenvalue weighted by atomic mass is 32.2. The summed E-state index contributed by atoms with van der Waals surface area (Å²) in [5.41, 5.74) is 2.22. The van der Waals surface area contributed by atoms with Crippen LogP contribution in [-0.4, -0.2) is 50.2 Å². The number of aromatic nitrogens is 4. The van der Waals surface area contributed by atoms with Gasteiger partial charge >= 0.3 is 0 Å². The van der Waals surface area contributed by atoms with E-state index in [4.69, 9.17) is 0 Å². The number of benzene rings is 1. The second-order valence-electron chi connectivity index (χ2n) is 7.57. The van der Waals surface area contributed by atoms with Gasteiger partial charge in [-0.3, -0.25) is 9.69 Å². The molecule has 0 spiro atoms. The Balaban J connectivity index is 1.26. The number of carbonyl (C=O) groups is 1. The molecule has 3 aromatic rings. The molecule has 0 aliphatic carbocycles. The summed E-state index contributed by atoms with van der Waals surface area (Å²) >= 11 is 3.18. The monoisotopic (exact) mass is 442 g/mol. The van der Waals surface area contributed by atoms with Gasteiger partial charge in [-0.25, -0.2) is 4.98 Å². The lowest BCUT2D eigenvalue weighted by Gasteiger charge is -2.30. The number of likely N-dealkylation sites (tertiary alicyclic amines) is 1. The van der Waals surface area contributed by atoms with E-state index >= 15 is 0 Å². The maximum atomic E-state index is 12.3. The predicted octanol–water partition coefficient (Wildman–Crippen LogP) is 3.69. The van der Waals surface area contributed by atoms with Crippen molar-refractivity contribution in [2.24, 2.45) is 7.05 Å². The average molecular weight is 443 g/mol. The highest BCUT2D eigenvalue weighted by Crippen LogP contribution is 2.29. The average Bonchev–Trinajstić information content (AvgIpc) is 3.33. The molecule has 1 aliphatic heterocycles. The quantitative estimate of drug-likeness (QED) is 0.563. The zero-order valence-electron chi connectivity index (χ0n) is 17.2. The third kappa shape index (κ3) is 5.27. The normalized spacial score (nSPS) is 15.4. The minimum atomic E-state index is 0.000978. The molecule has 9 heteroatoms. The molecular formula is C21H26N6OS2. The summed E-state index contributed by atoms with van der Waals surface area (Å²) in [6, 6.07) is 10.4. The van der Waals surface area contributed by atoms with Gasteiger partial charge in [0.15, 0.2) is 10.3 Å². The van der Waals surface area contributed by atoms with Gasteiger partial charge in [0, 0.05) is 24.1 Å². The van der Waals surface area contributed by atoms with Crippen molar-refractivity contribution in [1.82, 2.24) is 24.6 Å². The van der Waals surface area contributed by atoms with Crippen LogP contribution < -0.4 is 5.32 Å². The number of piperidine rings is 1. The fourth-order valence-electron chi connectivity index (χ4n) is 3.65. The van der Waals surface area contributed by atoms with Crippen LogP contribution in [0.3, 0.4) is 0 Å². The zero-order chi connectivity index (χ0) is 20.9. The van der Waals surface area contributed by atoms with Crippen molar-refractivity contribution < 1.29 is 4.79 Å². The van der Waals surface area contributed by atoms with E-state index in [1.54, 1.807) is 11.8 Å². The highest BCUT2D eigenvalue weighted by Gasteiger charge is 2.26. The van der Waals surface area contributed by atoms with Gasteiger partial charge in [-0.2, -0.15) is 0 Å². The molecule has 30 heavy (non-hydrogen) atoms. The first-order valence-corrected chi connectivity index (χ1v) is 12.0. The molecule has 1 aliphatic rings. The van der Waals surface area contributed by atoms with Gasteiger partial charge in [0.25, 0.3) is 0 Å². The van der Waals surface area contributed by atoms with Crippen molar-refractivity contribution >= 4 is 34.1 Å². The first-order valence-electron chi connectivity index (χ1n) is 10.1. The van der Waals surface area contributed by atoms with E-state index < -0.39 is 0 Å². The molecule has 1 aromatic carbocycles. The number of nitrogens with one attached hydrogen (secondary N) is 1. The van der Waals surface area contributed by atoms with Crippen LogP contribution >= 0.6 is 23.1 Å². The first kappa shape index (κ1) is 21.0. The summed E-state index contributed by atoms with van der Waals surface area (Å²) in [6.45, 7) is 4.10. The summed E-state index contributed by atoms with van der Waals surface area (Å²) in [5, 5.41) is 15.4. The van der Waals surface area contributed by atoms with E-state index in [0.29, 0.717) is 17.6 Å². The van der Waals surface area contributed by atoms with E-state index in [-0.39, 0.29) is 5.91 Å². The molecular weight excluding hydrogens is 416 g/mol. The SMILES string of the molecule is Cc1csc(NC(=O)CN2CCC(c3nnc(SCc4ccccc4)n3C)CC2)n1. The molecule has 0 bridgehead atoms. The summed E-state index contributed by atoms with van der Waals surface area (Å²) in [5.74, 6) is 2.32. The van der Waals surface area contributed by atoms with Crippen LogP contribution in [0.2, 0.25) is 0 Å². The van der Waals surface area contributed by atoms with E-state index in [2.05, 4.69) is 61.3 Å². The molecule has 2 aromatic heterocycles. The second-order valence-corrected chi connectivity index (χ2v) is 9.37. The molecule has 3 heterocycles. The van der Waals surface area contributed by atoms with Crippen LogP contribution in [0.1, 0.15) is 35.8 Å². The van der Waals surface area contributed by atoms with Crippen molar-refractivity contribution in [2.45, 2.75) is 36.6 Å². The predicted molar refractivity (Wildman–Crippen MR) is 121 cm³/mol. The molecule has 0 unspecified atom stereocenters. The number of nitrogens with zero attached hydrogens (tertiary/aromatic N) is 5. The molecule has 158 valence electrons. The minimum Gasteiger partial charge on any atom is -0.309 e. The lowest BCUT2D eigenvalue weighted by atomic mass is 9.96. The van der Waals surface area contributed by atoms with E-state index in [1.165, 1.54) is 16.9 Å². The lowest BCUT2D eigenvalue weighted by Crippen LogP contribution is -2.39. The number of carbonyl (C=O) groups excluding carboxylic acids is 1. The number of thioether (sulfide) groups is 1. The second kappa shape index (κ2) is 9.72. The van der Waals surface area contributed by atoms with Crippen molar-refractivity contribution in [3.63, 3.8) is 0 Å². The molecule has 1 fully saturated rings. The Hall–Kier alpha value is -2.23. The zero-order valence-corrected chi connectivity index (χ0v) is 18.9. The van der Waals surface area contributed by atoms with Crippen molar-refractivity contribution in [3.05, 3.63) is 52.8 Å². The Labute approximate surface area is 184 Å². The summed E-state index contributed by atoms with van der Waals surface area (Å²) < 4.78 is 2.13. The van der Waals surface area contributed by atoms with Crippen LogP contribution in [0.15, 0.2) is 40.9 Å². The molecule has 1 N–H and O–H groups in total. The van der Waals surface area contributed by atoms with E-state index in [1.807, 2.05) is 18.4 Å². The van der Waals surface area contributed by atoms with Crippen LogP contribution in [0, 0.1) is 6.92 Å². The number of thiazole rings is 1. The maximum Gasteiger partial charge on any atom is 0.240 e. The summed E-state index contributed by atoms with van der Waals surface area (Å²) in [6.07, 6.45) is 1.97. The smallest absolute Gasteiger partial charge is 0.240 e. The molecule has 7 nitrogen and oxygen atoms in total. The Kier molecular flexibility index (Phi) is 6.81. The Morgan fingerprint density at radius 3 is 2.70 bits per heavy atom. The highest BCUT2D eigenvalue weighted by molar-refractivity contribution is 7.98. The van der Waals surface area contributed by atoms with Crippen molar-refractivity contribution in [1.29, 1.82) is 0 Å². The lowest BCUT2D eigenvalue weighted by molar-refractivity contribution is -0.117. The standard InChI is InChI=1S/C21H26N6OS2/c1-15-13-29-20(22-15)23-18(28)12-27-10-8-17(9-11-27)19-24-25-21(26(19)2)30-14-16-6-4-3-5-7-16/h3-7,13,17H,8-12,14H2,1-2H3,(H,22,23,28). The third-order valence-corrected chi connectivity index (χ3v) is 7.23. The van der Waals surface area contributed by atoms with Crippen LogP contribution in [0.4, 0.5) is 5.13 Å². The Bertz CT molecular complexity index is 979. The first-order chi connectivity index (χ1) is 14.6. The topological polar surface area (TPSA) is 75.9 Å². The van der Waals surface area contributed by atoms with Gasteiger partial charge in [0.2, 0.25) is 5.91 Å². The summed E-state index contributed by atoms with van der Waals surface area (Å²) in [4.78, 5) is 18.8. The Morgan fingerprint density at radius 2 is 2.00 bits per heavy atom. The molecule has 1 amide bonds. The minimum absolute atomic E-state index is 0.000978. The van der Waals surface area contributed by atoms with Crippen molar-refractivity contribution in [3.8, 4) is 0 Å². The number of hydrogen-bond donors (Lipinski definition) is 1. The van der Waals surface area contributed by atoms with Gasteiger partial charge in [-0.1, -0.05) is 42.1 Å². The third-order valence-electron chi connectivity index (χ3n) is 5.26. The fraction of sp³-hybridized carbons (Fsp3) is 0.429. The summed E-state index contributed by atoms with van der Waals surface area (Å²) in [7, 11) is 2.05. The van der Waals surface area contributed by atoms with Gasteiger partial charge < -0.3 is 9.88 Å². The number of aryl methyl sites for hydroxylation is 1. The Morgan fingerprint density at radius 1 is 1.23 bits per heavy atom. The molecule has 0 atom stereocenters. The number of amides is 1. The van der Waals surface area contributed by atoms with Crippen LogP contribution in [-0.2, 0) is 17.6 Å². The molecule has 0 radical (unpaired) electrons. The fourth-order valence-corrected chi connectivity index (χ4v) is 5.23. The number of anilines is 1. The van der Waals surface area contributed by atoms with Gasteiger partial charge in [-0.05, 0) is 38.4 Å². The van der Waals surface area contributed by atoms with Crippen molar-refractivity contribution in [2.75, 3.05) is 25.0 Å². The number of rotatable bonds is 7. The van der Waals surface area contributed by atoms with Crippen LogP contribution in [0.25, 0.3) is 0 Å². The maximum absolute atomic E-state index is 12.3. The van der Waals surface area contributed by atoms with E-state index in [9.17, 15) is 4.79 Å². The molecule has 0 saturated carbocycles. The molecule has 1 saturated heterocycles. The van der Waals surface area contributed by atoms with Crippen LogP contribution in [0.5, 0.6) is 0 Å². The molecule has 4 rings (SSSR count). The number of hydrogen-bond acceptors (Lipinski definition) is 7. The van der Waals surface area contributed by atoms with Gasteiger partial charge in [0.1, 0.15) is 5.82 Å². The largest absolute Gasteiger partial charge is 0.309 e. The van der Waals surface area contributed by atoms with Gasteiger partial charge in [0.05, 0.1) is 12.2 Å². The van der Waals surface area contributed by atoms with Gasteiger partial charge in [-0.15, -0.1) is 21.5 Å².